The maximum Gasteiger partial charge on any atom is 0.387 e. The molecule has 1 atom stereocenters. The molecule has 1 aromatic heterocycles. The molecule has 5 nitrogen and oxygen atoms in total. The van der Waals surface area contributed by atoms with Gasteiger partial charge >= 0.3 is 6.61 Å². The third-order valence-corrected chi connectivity index (χ3v) is 4.60. The number of halogens is 3. The number of hydrogen-bond acceptors (Lipinski definition) is 4. The summed E-state index contributed by atoms with van der Waals surface area (Å²) in [7, 11) is 0. The molecule has 0 bridgehead atoms. The van der Waals surface area contributed by atoms with Crippen LogP contribution in [-0.2, 0) is 0 Å². The minimum absolute atomic E-state index is 0.00671. The molecule has 0 spiro atoms. The Morgan fingerprint density at radius 1 is 1.22 bits per heavy atom. The monoisotopic (exact) mass is 388 g/mol. The molecule has 8 heteroatoms. The first-order valence-corrected chi connectivity index (χ1v) is 8.59. The zero-order valence-electron chi connectivity index (χ0n) is 14.2. The van der Waals surface area contributed by atoms with Gasteiger partial charge in [0, 0.05) is 10.6 Å². The summed E-state index contributed by atoms with van der Waals surface area (Å²) in [6, 6.07) is 12.3. The number of nitrogens with one attached hydrogen (secondary N) is 1. The minimum Gasteiger partial charge on any atom is -0.434 e. The standard InChI is InChI=1S/C19H15ClF2N4O/c1-11-4-2-3-5-13(11)16-9-15(25-19-23-10-24-26(16)19)14-7-6-12(20)8-17(14)27-18(21)22/h2-10,16,18H,1H3,(H,23,24,25)/t16-/m0/s1. The lowest BCUT2D eigenvalue weighted by Gasteiger charge is -2.26. The highest BCUT2D eigenvalue weighted by molar-refractivity contribution is 6.30. The third kappa shape index (κ3) is 3.38. The molecule has 2 aromatic carbocycles. The Labute approximate surface area is 159 Å². The lowest BCUT2D eigenvalue weighted by atomic mass is 9.98. The van der Waals surface area contributed by atoms with E-state index in [4.69, 9.17) is 11.6 Å². The van der Waals surface area contributed by atoms with Gasteiger partial charge in [0.25, 0.3) is 0 Å². The number of hydrogen-bond donors (Lipinski definition) is 1. The molecule has 0 unspecified atom stereocenters. The average molecular weight is 389 g/mol. The normalized spacial score (nSPS) is 15.9. The molecule has 138 valence electrons. The number of benzene rings is 2. The van der Waals surface area contributed by atoms with E-state index in [9.17, 15) is 8.78 Å². The summed E-state index contributed by atoms with van der Waals surface area (Å²) < 4.78 is 32.1. The van der Waals surface area contributed by atoms with Gasteiger partial charge in [0.15, 0.2) is 0 Å². The van der Waals surface area contributed by atoms with Gasteiger partial charge in [-0.2, -0.15) is 18.9 Å². The van der Waals surface area contributed by atoms with E-state index in [1.165, 1.54) is 12.4 Å². The zero-order valence-corrected chi connectivity index (χ0v) is 15.0. The lowest BCUT2D eigenvalue weighted by Crippen LogP contribution is -2.21. The van der Waals surface area contributed by atoms with E-state index in [2.05, 4.69) is 20.1 Å². The number of aromatic nitrogens is 3. The van der Waals surface area contributed by atoms with E-state index in [-0.39, 0.29) is 11.8 Å². The van der Waals surface area contributed by atoms with Crippen molar-refractivity contribution in [1.82, 2.24) is 14.8 Å². The fraction of sp³-hybridized carbons (Fsp3) is 0.158. The number of alkyl halides is 2. The van der Waals surface area contributed by atoms with Crippen LogP contribution in [0, 0.1) is 6.92 Å². The smallest absolute Gasteiger partial charge is 0.387 e. The first-order valence-electron chi connectivity index (χ1n) is 8.21. The topological polar surface area (TPSA) is 52.0 Å². The SMILES string of the molecule is Cc1ccccc1[C@@H]1C=C(c2ccc(Cl)cc2OC(F)F)Nc2ncnn21. The molecule has 27 heavy (non-hydrogen) atoms. The maximum atomic E-state index is 12.9. The molecule has 0 amide bonds. The highest BCUT2D eigenvalue weighted by Gasteiger charge is 2.26. The van der Waals surface area contributed by atoms with Gasteiger partial charge in [0.2, 0.25) is 5.95 Å². The number of aryl methyl sites for hydroxylation is 1. The Morgan fingerprint density at radius 2 is 2.04 bits per heavy atom. The van der Waals surface area contributed by atoms with Gasteiger partial charge in [-0.25, -0.2) is 4.68 Å². The Balaban J connectivity index is 1.84. The number of allylic oxidation sites excluding steroid dienone is 1. The van der Waals surface area contributed by atoms with Gasteiger partial charge < -0.3 is 10.1 Å². The largest absolute Gasteiger partial charge is 0.434 e. The Morgan fingerprint density at radius 3 is 2.81 bits per heavy atom. The van der Waals surface area contributed by atoms with E-state index in [0.717, 1.165) is 11.1 Å². The number of anilines is 1. The van der Waals surface area contributed by atoms with Crippen molar-refractivity contribution in [3.8, 4) is 5.75 Å². The number of ether oxygens (including phenoxy) is 1. The molecule has 1 aliphatic heterocycles. The van der Waals surface area contributed by atoms with E-state index in [1.54, 1.807) is 16.8 Å². The van der Waals surface area contributed by atoms with Crippen LogP contribution in [-0.4, -0.2) is 21.4 Å². The minimum atomic E-state index is -2.96. The summed E-state index contributed by atoms with van der Waals surface area (Å²) in [5.74, 6) is 0.506. The van der Waals surface area contributed by atoms with Gasteiger partial charge in [-0.3, -0.25) is 0 Å². The van der Waals surface area contributed by atoms with Crippen LogP contribution in [0.2, 0.25) is 5.02 Å². The second-order valence-electron chi connectivity index (χ2n) is 6.05. The van der Waals surface area contributed by atoms with Crippen molar-refractivity contribution in [2.75, 3.05) is 5.32 Å². The van der Waals surface area contributed by atoms with Gasteiger partial charge in [0.05, 0.1) is 5.70 Å². The van der Waals surface area contributed by atoms with Crippen molar-refractivity contribution in [3.05, 3.63) is 76.6 Å². The lowest BCUT2D eigenvalue weighted by molar-refractivity contribution is -0.0500. The highest BCUT2D eigenvalue weighted by Crippen LogP contribution is 2.37. The van der Waals surface area contributed by atoms with E-state index in [1.807, 2.05) is 37.3 Å². The number of rotatable bonds is 4. The van der Waals surface area contributed by atoms with Crippen molar-refractivity contribution in [2.24, 2.45) is 0 Å². The summed E-state index contributed by atoms with van der Waals surface area (Å²) in [6.45, 7) is -0.947. The molecule has 4 rings (SSSR count). The fourth-order valence-electron chi connectivity index (χ4n) is 3.14. The summed E-state index contributed by atoms with van der Waals surface area (Å²) in [6.07, 6.45) is 3.36. The molecular weight excluding hydrogens is 374 g/mol. The summed E-state index contributed by atoms with van der Waals surface area (Å²) in [5.41, 5.74) is 3.18. The summed E-state index contributed by atoms with van der Waals surface area (Å²) in [5, 5.41) is 7.73. The zero-order chi connectivity index (χ0) is 19.0. The van der Waals surface area contributed by atoms with E-state index < -0.39 is 6.61 Å². The maximum absolute atomic E-state index is 12.9. The summed E-state index contributed by atoms with van der Waals surface area (Å²) in [4.78, 5) is 4.23. The second-order valence-corrected chi connectivity index (χ2v) is 6.49. The van der Waals surface area contributed by atoms with E-state index in [0.29, 0.717) is 22.2 Å². The predicted molar refractivity (Wildman–Crippen MR) is 99.0 cm³/mol. The van der Waals surface area contributed by atoms with Crippen molar-refractivity contribution in [2.45, 2.75) is 19.6 Å². The van der Waals surface area contributed by atoms with Gasteiger partial charge in [-0.15, -0.1) is 0 Å². The first kappa shape index (κ1) is 17.5. The molecule has 2 heterocycles. The highest BCUT2D eigenvalue weighted by atomic mass is 35.5. The Kier molecular flexibility index (Phi) is 4.53. The molecule has 0 saturated carbocycles. The van der Waals surface area contributed by atoms with Crippen LogP contribution >= 0.6 is 11.6 Å². The molecule has 1 aliphatic rings. The number of fused-ring (bicyclic) bond motifs is 1. The first-order chi connectivity index (χ1) is 13.0. The molecule has 0 radical (unpaired) electrons. The predicted octanol–water partition coefficient (Wildman–Crippen LogP) is 4.90. The average Bonchev–Trinajstić information content (AvgIpc) is 3.10. The fourth-order valence-corrected chi connectivity index (χ4v) is 3.31. The van der Waals surface area contributed by atoms with Crippen LogP contribution in [0.4, 0.5) is 14.7 Å². The Hall–Kier alpha value is -2.93. The van der Waals surface area contributed by atoms with Gasteiger partial charge in [0.1, 0.15) is 18.1 Å². The third-order valence-electron chi connectivity index (χ3n) is 4.36. The van der Waals surface area contributed by atoms with Crippen LogP contribution in [0.1, 0.15) is 22.7 Å². The van der Waals surface area contributed by atoms with Crippen LogP contribution in [0.15, 0.2) is 54.9 Å². The van der Waals surface area contributed by atoms with Crippen molar-refractivity contribution in [1.29, 1.82) is 0 Å². The molecule has 1 N–H and O–H groups in total. The van der Waals surface area contributed by atoms with Gasteiger partial charge in [-0.05, 0) is 42.3 Å². The van der Waals surface area contributed by atoms with E-state index >= 15 is 0 Å². The Bertz CT molecular complexity index is 1020. The van der Waals surface area contributed by atoms with Gasteiger partial charge in [-0.1, -0.05) is 35.9 Å². The quantitative estimate of drug-likeness (QED) is 0.690. The molecule has 0 fully saturated rings. The molecule has 3 aromatic rings. The molecule has 0 aliphatic carbocycles. The van der Waals surface area contributed by atoms with Crippen LogP contribution < -0.4 is 10.1 Å². The molecular formula is C19H15ClF2N4O. The van der Waals surface area contributed by atoms with Crippen molar-refractivity contribution < 1.29 is 13.5 Å². The summed E-state index contributed by atoms with van der Waals surface area (Å²) >= 11 is 5.96. The molecule has 0 saturated heterocycles. The van der Waals surface area contributed by atoms with Crippen LogP contribution in [0.5, 0.6) is 5.75 Å². The van der Waals surface area contributed by atoms with Crippen LogP contribution in [0.25, 0.3) is 5.70 Å². The van der Waals surface area contributed by atoms with Crippen molar-refractivity contribution >= 4 is 23.2 Å². The van der Waals surface area contributed by atoms with Crippen molar-refractivity contribution in [3.63, 3.8) is 0 Å². The second kappa shape index (κ2) is 7.00. The number of nitrogens with zero attached hydrogens (tertiary/aromatic N) is 3. The van der Waals surface area contributed by atoms with Crippen LogP contribution in [0.3, 0.4) is 0 Å².